The second-order valence-electron chi connectivity index (χ2n) is 9.45. The van der Waals surface area contributed by atoms with Crippen LogP contribution in [0.4, 0.5) is 16.2 Å². The van der Waals surface area contributed by atoms with Crippen LogP contribution in [0.5, 0.6) is 23.0 Å². The first-order valence-electron chi connectivity index (χ1n) is 14.1. The zero-order valence-corrected chi connectivity index (χ0v) is 26.3. The lowest BCUT2D eigenvalue weighted by atomic mass is 10.1. The standard InChI is InChI=1S/C32H31Cl2N3O8/c1-4-13-44-25-12-11-20(17-26(25)42-5-2)37-31(40)21(30(39)36-32(37)41)14-19-15-23(34)29(27(16-19)43-6-3)45-18-28(38)35-24-10-8-7-9-22(24)33/h7-12,14-17H,4-6,13,18H2,1-3H3,(H,35,38)(H,36,39,41)/b21-14+. The third-order valence-electron chi connectivity index (χ3n) is 6.19. The number of carbonyl (C=O) groups is 4. The quantitative estimate of drug-likeness (QED) is 0.163. The minimum atomic E-state index is -0.918. The van der Waals surface area contributed by atoms with E-state index in [1.807, 2.05) is 6.92 Å². The van der Waals surface area contributed by atoms with Gasteiger partial charge in [0.15, 0.2) is 29.6 Å². The summed E-state index contributed by atoms with van der Waals surface area (Å²) in [7, 11) is 0. The normalized spacial score (nSPS) is 13.8. The van der Waals surface area contributed by atoms with Crippen molar-refractivity contribution in [3.63, 3.8) is 0 Å². The van der Waals surface area contributed by atoms with Crippen LogP contribution in [0.2, 0.25) is 10.0 Å². The Morgan fingerprint density at radius 2 is 1.60 bits per heavy atom. The SMILES string of the molecule is CCCOc1ccc(N2C(=O)NC(=O)/C(=C\c3cc(Cl)c(OCC(=O)Nc4ccccc4Cl)c(OCC)c3)C2=O)cc1OCC. The van der Waals surface area contributed by atoms with Crippen molar-refractivity contribution in [1.82, 2.24) is 5.32 Å². The second-order valence-corrected chi connectivity index (χ2v) is 10.3. The summed E-state index contributed by atoms with van der Waals surface area (Å²) in [6, 6.07) is 13.4. The number of rotatable bonds is 13. The van der Waals surface area contributed by atoms with Gasteiger partial charge in [-0.3, -0.25) is 19.7 Å². The van der Waals surface area contributed by atoms with E-state index in [1.165, 1.54) is 30.3 Å². The number of hydrogen-bond acceptors (Lipinski definition) is 8. The van der Waals surface area contributed by atoms with Gasteiger partial charge in [-0.15, -0.1) is 0 Å². The van der Waals surface area contributed by atoms with Gasteiger partial charge < -0.3 is 24.3 Å². The molecule has 4 rings (SSSR count). The molecule has 0 aliphatic carbocycles. The van der Waals surface area contributed by atoms with Gasteiger partial charge in [-0.1, -0.05) is 42.3 Å². The van der Waals surface area contributed by atoms with Crippen molar-refractivity contribution in [3.8, 4) is 23.0 Å². The molecule has 0 saturated carbocycles. The fraction of sp³-hybridized carbons (Fsp3) is 0.250. The molecule has 1 saturated heterocycles. The Bertz CT molecular complexity index is 1640. The van der Waals surface area contributed by atoms with Gasteiger partial charge in [-0.05, 0) is 68.3 Å². The van der Waals surface area contributed by atoms with Crippen LogP contribution in [0.25, 0.3) is 6.08 Å². The van der Waals surface area contributed by atoms with E-state index >= 15 is 0 Å². The highest BCUT2D eigenvalue weighted by atomic mass is 35.5. The van der Waals surface area contributed by atoms with Crippen LogP contribution in [0.15, 0.2) is 60.2 Å². The molecule has 236 valence electrons. The lowest BCUT2D eigenvalue weighted by molar-refractivity contribution is -0.122. The largest absolute Gasteiger partial charge is 0.490 e. The molecule has 0 spiro atoms. The van der Waals surface area contributed by atoms with Crippen molar-refractivity contribution in [1.29, 1.82) is 0 Å². The molecule has 3 aromatic carbocycles. The maximum atomic E-state index is 13.6. The average molecular weight is 657 g/mol. The zero-order valence-electron chi connectivity index (χ0n) is 24.8. The lowest BCUT2D eigenvalue weighted by Gasteiger charge is -2.27. The van der Waals surface area contributed by atoms with Crippen molar-refractivity contribution in [2.75, 3.05) is 36.6 Å². The van der Waals surface area contributed by atoms with Crippen molar-refractivity contribution < 1.29 is 38.1 Å². The fourth-order valence-corrected chi connectivity index (χ4v) is 4.71. The van der Waals surface area contributed by atoms with Crippen LogP contribution in [-0.2, 0) is 14.4 Å². The average Bonchev–Trinajstić information content (AvgIpc) is 3.00. The van der Waals surface area contributed by atoms with Gasteiger partial charge >= 0.3 is 6.03 Å². The molecule has 0 unspecified atom stereocenters. The molecule has 1 heterocycles. The number of amides is 5. The van der Waals surface area contributed by atoms with E-state index in [1.54, 1.807) is 44.2 Å². The van der Waals surface area contributed by atoms with E-state index in [4.69, 9.17) is 42.1 Å². The number of imide groups is 2. The van der Waals surface area contributed by atoms with Crippen LogP contribution in [0.3, 0.4) is 0 Å². The Labute approximate surface area is 270 Å². The molecule has 1 fully saturated rings. The van der Waals surface area contributed by atoms with Crippen LogP contribution in [-0.4, -0.2) is 50.2 Å². The third kappa shape index (κ3) is 8.05. The molecule has 5 amide bonds. The third-order valence-corrected chi connectivity index (χ3v) is 6.80. The number of barbiturate groups is 1. The van der Waals surface area contributed by atoms with E-state index in [0.717, 1.165) is 11.3 Å². The lowest BCUT2D eigenvalue weighted by Crippen LogP contribution is -2.54. The molecule has 3 aromatic rings. The number of halogens is 2. The van der Waals surface area contributed by atoms with E-state index in [9.17, 15) is 19.2 Å². The van der Waals surface area contributed by atoms with Gasteiger partial charge in [0.25, 0.3) is 17.7 Å². The number of carbonyl (C=O) groups excluding carboxylic acids is 4. The number of nitrogens with zero attached hydrogens (tertiary/aromatic N) is 1. The van der Waals surface area contributed by atoms with Crippen LogP contribution >= 0.6 is 23.2 Å². The first-order valence-corrected chi connectivity index (χ1v) is 14.9. The molecule has 0 aromatic heterocycles. The zero-order chi connectivity index (χ0) is 32.5. The predicted octanol–water partition coefficient (Wildman–Crippen LogP) is 6.26. The first kappa shape index (κ1) is 33.2. The van der Waals surface area contributed by atoms with Gasteiger partial charge in [0.05, 0.1) is 41.2 Å². The number of benzene rings is 3. The number of urea groups is 1. The molecule has 45 heavy (non-hydrogen) atoms. The molecular weight excluding hydrogens is 625 g/mol. The highest BCUT2D eigenvalue weighted by Gasteiger charge is 2.37. The molecule has 2 N–H and O–H groups in total. The van der Waals surface area contributed by atoms with Crippen molar-refractivity contribution >= 4 is 64.4 Å². The summed E-state index contributed by atoms with van der Waals surface area (Å²) in [5, 5.41) is 5.27. The molecule has 1 aliphatic heterocycles. The van der Waals surface area contributed by atoms with Gasteiger partial charge in [-0.2, -0.15) is 0 Å². The number of anilines is 2. The minimum Gasteiger partial charge on any atom is -0.490 e. The second kappa shape index (κ2) is 15.3. The predicted molar refractivity (Wildman–Crippen MR) is 171 cm³/mol. The smallest absolute Gasteiger partial charge is 0.335 e. The van der Waals surface area contributed by atoms with E-state index in [0.29, 0.717) is 41.0 Å². The van der Waals surface area contributed by atoms with Crippen LogP contribution in [0, 0.1) is 0 Å². The number of hydrogen-bond donors (Lipinski definition) is 2. The summed E-state index contributed by atoms with van der Waals surface area (Å²) in [5.74, 6) is -1.18. The Morgan fingerprint density at radius 1 is 0.867 bits per heavy atom. The topological polar surface area (TPSA) is 132 Å². The number of para-hydroxylation sites is 1. The molecule has 13 heteroatoms. The molecule has 0 atom stereocenters. The summed E-state index contributed by atoms with van der Waals surface area (Å²) >= 11 is 12.6. The molecule has 0 bridgehead atoms. The monoisotopic (exact) mass is 655 g/mol. The molecular formula is C32H31Cl2N3O8. The molecule has 1 aliphatic rings. The minimum absolute atomic E-state index is 0.0546. The van der Waals surface area contributed by atoms with E-state index in [2.05, 4.69) is 10.6 Å². The Kier molecular flexibility index (Phi) is 11.3. The van der Waals surface area contributed by atoms with Crippen molar-refractivity contribution in [2.24, 2.45) is 0 Å². The van der Waals surface area contributed by atoms with E-state index in [-0.39, 0.29) is 34.4 Å². The maximum absolute atomic E-state index is 13.6. The Balaban J connectivity index is 1.60. The highest BCUT2D eigenvalue weighted by molar-refractivity contribution is 6.39. The van der Waals surface area contributed by atoms with Crippen molar-refractivity contribution in [2.45, 2.75) is 27.2 Å². The van der Waals surface area contributed by atoms with Crippen molar-refractivity contribution in [3.05, 3.63) is 75.8 Å². The van der Waals surface area contributed by atoms with Gasteiger partial charge in [-0.25, -0.2) is 9.69 Å². The summed E-state index contributed by atoms with van der Waals surface area (Å²) in [6.07, 6.45) is 2.05. The first-order chi connectivity index (χ1) is 21.7. The van der Waals surface area contributed by atoms with E-state index < -0.39 is 30.4 Å². The summed E-state index contributed by atoms with van der Waals surface area (Å²) < 4.78 is 22.7. The van der Waals surface area contributed by atoms with Gasteiger partial charge in [0.1, 0.15) is 5.57 Å². The summed E-state index contributed by atoms with van der Waals surface area (Å²) in [5.41, 5.74) is 0.575. The van der Waals surface area contributed by atoms with Gasteiger partial charge in [0, 0.05) is 6.07 Å². The Morgan fingerprint density at radius 3 is 2.31 bits per heavy atom. The van der Waals surface area contributed by atoms with Gasteiger partial charge in [0.2, 0.25) is 0 Å². The Hall–Kier alpha value is -4.74. The fourth-order valence-electron chi connectivity index (χ4n) is 4.25. The highest BCUT2D eigenvalue weighted by Crippen LogP contribution is 2.38. The molecule has 0 radical (unpaired) electrons. The maximum Gasteiger partial charge on any atom is 0.335 e. The van der Waals surface area contributed by atoms with Crippen LogP contribution < -0.4 is 34.5 Å². The number of nitrogens with one attached hydrogen (secondary N) is 2. The summed E-state index contributed by atoms with van der Waals surface area (Å²) in [4.78, 5) is 52.5. The van der Waals surface area contributed by atoms with Crippen LogP contribution in [0.1, 0.15) is 32.8 Å². The molecule has 11 nitrogen and oxygen atoms in total. The summed E-state index contributed by atoms with van der Waals surface area (Å²) in [6.45, 7) is 6.09. The number of ether oxygens (including phenoxy) is 4.